The number of Topliss-reactive ketones (excluding diaryl/α,β-unsaturated/α-hetero) is 1. The van der Waals surface area contributed by atoms with Crippen molar-refractivity contribution in [2.75, 3.05) is 4.72 Å². The van der Waals surface area contributed by atoms with Gasteiger partial charge in [0.2, 0.25) is 0 Å². The van der Waals surface area contributed by atoms with Crippen LogP contribution in [0.2, 0.25) is 0 Å². The molecule has 0 saturated heterocycles. The number of carbonyl (C=O) groups excluding carboxylic acids is 1. The van der Waals surface area contributed by atoms with Crippen molar-refractivity contribution >= 4 is 21.5 Å². The van der Waals surface area contributed by atoms with Gasteiger partial charge in [-0.3, -0.25) is 9.52 Å². The number of nitrogens with one attached hydrogen (secondary N) is 1. The van der Waals surface area contributed by atoms with Crippen LogP contribution in [0.15, 0.2) is 65.8 Å². The number of benzene rings is 2. The minimum atomic E-state index is -4.65. The van der Waals surface area contributed by atoms with Gasteiger partial charge in [-0.25, -0.2) is 13.1 Å². The minimum absolute atomic E-state index is 0.127. The standard InChI is InChI=1S/C18H14F3N3O3S/c1-12(25)13-3-6-15(7-4-13)28(26,27)23-16-11-14(18(19,20)21)5-8-17(16)24-10-2-9-22-24/h2-11,23H,1H3. The quantitative estimate of drug-likeness (QED) is 0.648. The second kappa shape index (κ2) is 7.12. The molecule has 1 heterocycles. The molecule has 0 aliphatic heterocycles. The van der Waals surface area contributed by atoms with Crippen molar-refractivity contribution in [3.8, 4) is 5.69 Å². The third-order valence-electron chi connectivity index (χ3n) is 3.89. The van der Waals surface area contributed by atoms with Crippen LogP contribution in [0.1, 0.15) is 22.8 Å². The van der Waals surface area contributed by atoms with E-state index in [1.807, 2.05) is 0 Å². The highest BCUT2D eigenvalue weighted by molar-refractivity contribution is 7.92. The molecule has 0 saturated carbocycles. The van der Waals surface area contributed by atoms with Crippen LogP contribution in [0.5, 0.6) is 0 Å². The molecule has 6 nitrogen and oxygen atoms in total. The molecular weight excluding hydrogens is 395 g/mol. The lowest BCUT2D eigenvalue weighted by atomic mass is 10.1. The normalized spacial score (nSPS) is 12.0. The number of sulfonamides is 1. The van der Waals surface area contributed by atoms with Crippen molar-refractivity contribution in [3.05, 3.63) is 72.1 Å². The van der Waals surface area contributed by atoms with Gasteiger partial charge in [-0.2, -0.15) is 18.3 Å². The van der Waals surface area contributed by atoms with Gasteiger partial charge in [0.15, 0.2) is 5.78 Å². The lowest BCUT2D eigenvalue weighted by Gasteiger charge is -2.15. The number of aromatic nitrogens is 2. The Morgan fingerprint density at radius 1 is 1.11 bits per heavy atom. The van der Waals surface area contributed by atoms with Gasteiger partial charge in [0.1, 0.15) is 0 Å². The molecule has 0 bridgehead atoms. The summed E-state index contributed by atoms with van der Waals surface area (Å²) in [4.78, 5) is 11.1. The minimum Gasteiger partial charge on any atom is -0.295 e. The smallest absolute Gasteiger partial charge is 0.295 e. The van der Waals surface area contributed by atoms with Crippen LogP contribution in [-0.4, -0.2) is 24.0 Å². The van der Waals surface area contributed by atoms with E-state index >= 15 is 0 Å². The van der Waals surface area contributed by atoms with Crippen LogP contribution < -0.4 is 4.72 Å². The van der Waals surface area contributed by atoms with E-state index in [-0.39, 0.29) is 22.1 Å². The number of anilines is 1. The fourth-order valence-electron chi connectivity index (χ4n) is 2.48. The Morgan fingerprint density at radius 2 is 1.79 bits per heavy atom. The van der Waals surface area contributed by atoms with Crippen LogP contribution in [0.25, 0.3) is 5.69 Å². The Morgan fingerprint density at radius 3 is 2.32 bits per heavy atom. The molecule has 1 N–H and O–H groups in total. The van der Waals surface area contributed by atoms with Crippen LogP contribution in [0.4, 0.5) is 18.9 Å². The van der Waals surface area contributed by atoms with Crippen molar-refractivity contribution < 1.29 is 26.4 Å². The molecule has 28 heavy (non-hydrogen) atoms. The number of alkyl halides is 3. The summed E-state index contributed by atoms with van der Waals surface area (Å²) in [6.45, 7) is 1.33. The number of halogens is 3. The number of hydrogen-bond acceptors (Lipinski definition) is 4. The van der Waals surface area contributed by atoms with Crippen molar-refractivity contribution in [2.45, 2.75) is 18.0 Å². The predicted octanol–water partition coefficient (Wildman–Crippen LogP) is 3.89. The molecule has 0 unspecified atom stereocenters. The topological polar surface area (TPSA) is 81.1 Å². The fourth-order valence-corrected chi connectivity index (χ4v) is 3.54. The van der Waals surface area contributed by atoms with Crippen molar-refractivity contribution in [2.24, 2.45) is 0 Å². The predicted molar refractivity (Wildman–Crippen MR) is 95.8 cm³/mol. The first kappa shape index (κ1) is 19.6. The Kier molecular flexibility index (Phi) is 4.99. The molecule has 0 fully saturated rings. The third-order valence-corrected chi connectivity index (χ3v) is 5.27. The van der Waals surface area contributed by atoms with Gasteiger partial charge in [0.25, 0.3) is 10.0 Å². The van der Waals surface area contributed by atoms with Gasteiger partial charge in [-0.05, 0) is 43.3 Å². The molecule has 10 heteroatoms. The zero-order chi connectivity index (χ0) is 20.5. The summed E-state index contributed by atoms with van der Waals surface area (Å²) in [5.41, 5.74) is -0.848. The van der Waals surface area contributed by atoms with E-state index in [1.54, 1.807) is 6.07 Å². The molecule has 0 radical (unpaired) electrons. The molecule has 1 aromatic heterocycles. The molecule has 3 rings (SSSR count). The summed E-state index contributed by atoms with van der Waals surface area (Å²) >= 11 is 0. The second-order valence-electron chi connectivity index (χ2n) is 5.87. The molecule has 0 aliphatic carbocycles. The van der Waals surface area contributed by atoms with Gasteiger partial charge in [-0.15, -0.1) is 0 Å². The largest absolute Gasteiger partial charge is 0.416 e. The number of nitrogens with zero attached hydrogens (tertiary/aromatic N) is 2. The first-order valence-corrected chi connectivity index (χ1v) is 9.41. The van der Waals surface area contributed by atoms with Gasteiger partial charge in [0.05, 0.1) is 21.8 Å². The highest BCUT2D eigenvalue weighted by Gasteiger charge is 2.32. The number of ketones is 1. The molecule has 3 aromatic rings. The first-order valence-electron chi connectivity index (χ1n) is 7.93. The SMILES string of the molecule is CC(=O)c1ccc(S(=O)(=O)Nc2cc(C(F)(F)F)ccc2-n2cccn2)cc1. The number of rotatable bonds is 5. The van der Waals surface area contributed by atoms with Gasteiger partial charge < -0.3 is 0 Å². The highest BCUT2D eigenvalue weighted by Crippen LogP contribution is 2.34. The van der Waals surface area contributed by atoms with Gasteiger partial charge >= 0.3 is 6.18 Å². The number of carbonyl (C=O) groups is 1. The lowest BCUT2D eigenvalue weighted by molar-refractivity contribution is -0.137. The average molecular weight is 409 g/mol. The van der Waals surface area contributed by atoms with Gasteiger partial charge in [-0.1, -0.05) is 12.1 Å². The fraction of sp³-hybridized carbons (Fsp3) is 0.111. The van der Waals surface area contributed by atoms with E-state index in [9.17, 15) is 26.4 Å². The van der Waals surface area contributed by atoms with E-state index in [1.165, 1.54) is 48.3 Å². The molecule has 2 aromatic carbocycles. The summed E-state index contributed by atoms with van der Waals surface area (Å²) in [7, 11) is -4.20. The maximum atomic E-state index is 13.1. The monoisotopic (exact) mass is 409 g/mol. The van der Waals surface area contributed by atoms with Crippen LogP contribution in [0, 0.1) is 0 Å². The van der Waals surface area contributed by atoms with Crippen molar-refractivity contribution in [1.29, 1.82) is 0 Å². The van der Waals surface area contributed by atoms with Crippen molar-refractivity contribution in [1.82, 2.24) is 9.78 Å². The first-order chi connectivity index (χ1) is 13.1. The molecule has 0 atom stereocenters. The summed E-state index contributed by atoms with van der Waals surface area (Å²) in [6.07, 6.45) is -1.76. The van der Waals surface area contributed by atoms with Crippen LogP contribution in [0.3, 0.4) is 0 Å². The average Bonchev–Trinajstić information content (AvgIpc) is 3.15. The summed E-state index contributed by atoms with van der Waals surface area (Å²) in [6, 6.07) is 9.31. The maximum absolute atomic E-state index is 13.1. The van der Waals surface area contributed by atoms with E-state index in [2.05, 4.69) is 9.82 Å². The summed E-state index contributed by atoms with van der Waals surface area (Å²) in [5.74, 6) is -0.240. The maximum Gasteiger partial charge on any atom is 0.416 e. The van der Waals surface area contributed by atoms with E-state index in [4.69, 9.17) is 0 Å². The molecule has 0 spiro atoms. The summed E-state index contributed by atoms with van der Waals surface area (Å²) < 4.78 is 68.0. The lowest BCUT2D eigenvalue weighted by Crippen LogP contribution is -2.16. The molecule has 0 aliphatic rings. The Hall–Kier alpha value is -3.14. The Labute approximate surface area is 158 Å². The van der Waals surface area contributed by atoms with Crippen molar-refractivity contribution in [3.63, 3.8) is 0 Å². The molecule has 0 amide bonds. The number of hydrogen-bond donors (Lipinski definition) is 1. The van der Waals surface area contributed by atoms with Gasteiger partial charge in [0, 0.05) is 18.0 Å². The van der Waals surface area contributed by atoms with E-state index in [0.717, 1.165) is 12.1 Å². The highest BCUT2D eigenvalue weighted by atomic mass is 32.2. The van der Waals surface area contributed by atoms with E-state index < -0.39 is 21.8 Å². The molecular formula is C18H14F3N3O3S. The van der Waals surface area contributed by atoms with Crippen LogP contribution >= 0.6 is 0 Å². The third kappa shape index (κ3) is 4.06. The zero-order valence-corrected chi connectivity index (χ0v) is 15.3. The van der Waals surface area contributed by atoms with Crippen LogP contribution in [-0.2, 0) is 16.2 Å². The Balaban J connectivity index is 2.05. The molecule has 146 valence electrons. The Bertz CT molecular complexity index is 1110. The summed E-state index contributed by atoms with van der Waals surface area (Å²) in [5, 5.41) is 3.94. The second-order valence-corrected chi connectivity index (χ2v) is 7.55. The zero-order valence-electron chi connectivity index (χ0n) is 14.4. The van der Waals surface area contributed by atoms with E-state index in [0.29, 0.717) is 11.6 Å².